The maximum absolute atomic E-state index is 5.96. The number of hydrogen-bond donors (Lipinski definition) is 1. The fourth-order valence-corrected chi connectivity index (χ4v) is 2.15. The Morgan fingerprint density at radius 2 is 1.45 bits per heavy atom. The summed E-state index contributed by atoms with van der Waals surface area (Å²) in [6.45, 7) is 0. The molecule has 4 nitrogen and oxygen atoms in total. The van der Waals surface area contributed by atoms with E-state index in [9.17, 15) is 0 Å². The first-order valence-corrected chi connectivity index (χ1v) is 6.34. The highest BCUT2D eigenvalue weighted by molar-refractivity contribution is 6.61. The maximum Gasteiger partial charge on any atom is 0.128 e. The van der Waals surface area contributed by atoms with Crippen molar-refractivity contribution in [2.24, 2.45) is 0 Å². The van der Waals surface area contributed by atoms with Gasteiger partial charge in [-0.1, -0.05) is 11.6 Å². The minimum Gasteiger partial charge on any atom is -0.405 e. The van der Waals surface area contributed by atoms with Gasteiger partial charge >= 0.3 is 0 Å². The third kappa shape index (κ3) is 2.43. The van der Waals surface area contributed by atoms with Crippen LogP contribution < -0.4 is 10.6 Å². The zero-order chi connectivity index (χ0) is 17.1. The van der Waals surface area contributed by atoms with E-state index in [-0.39, 0.29) is 16.5 Å². The highest BCUT2D eigenvalue weighted by Crippen LogP contribution is 2.42. The zero-order valence-corrected chi connectivity index (χ0v) is 12.3. The summed E-state index contributed by atoms with van der Waals surface area (Å²) in [5.41, 5.74) is 5.88. The first-order valence-electron chi connectivity index (χ1n) is 5.96. The molecule has 1 aromatic rings. The van der Waals surface area contributed by atoms with Crippen LogP contribution in [0.2, 0.25) is 5.02 Å². The lowest BCUT2D eigenvalue weighted by Crippen LogP contribution is -2.86. The summed E-state index contributed by atoms with van der Waals surface area (Å²) in [4.78, 5) is 4.93. The number of pyridine rings is 1. The van der Waals surface area contributed by atoms with Crippen molar-refractivity contribution in [1.29, 1.82) is 0 Å². The van der Waals surface area contributed by atoms with Crippen molar-refractivity contribution >= 4 is 85.9 Å². The molecule has 16 radical (unpaired) electrons. The molecule has 0 bridgehead atoms. The molecule has 2 rings (SSSR count). The topological polar surface area (TPSA) is 51.4 Å². The van der Waals surface area contributed by atoms with Crippen LogP contribution in [-0.4, -0.2) is 89.2 Å². The molecule has 1 saturated heterocycles. The van der Waals surface area contributed by atoms with Gasteiger partial charge in [-0.05, 0) is 21.5 Å². The second-order valence-electron chi connectivity index (χ2n) is 5.24. The van der Waals surface area contributed by atoms with Crippen molar-refractivity contribution < 1.29 is 4.74 Å². The third-order valence-corrected chi connectivity index (χ3v) is 3.75. The lowest BCUT2D eigenvalue weighted by molar-refractivity contribution is -0.0256. The van der Waals surface area contributed by atoms with E-state index in [1.54, 1.807) is 0 Å². The molecule has 0 saturated carbocycles. The quantitative estimate of drug-likeness (QED) is 0.565. The molecule has 1 aliphatic heterocycles. The molecular weight excluding hydrogens is 288 g/mol. The van der Waals surface area contributed by atoms with Crippen LogP contribution >= 0.6 is 11.6 Å². The van der Waals surface area contributed by atoms with E-state index in [2.05, 4.69) is 4.98 Å². The smallest absolute Gasteiger partial charge is 0.128 e. The van der Waals surface area contributed by atoms with Gasteiger partial charge in [0.1, 0.15) is 37.2 Å². The maximum atomic E-state index is 5.96. The van der Waals surface area contributed by atoms with Crippen LogP contribution in [0.15, 0.2) is 12.3 Å². The molecule has 0 atom stereocenters. The molecule has 13 heteroatoms. The minimum atomic E-state index is -2.21. The predicted molar refractivity (Wildman–Crippen MR) is 94.2 cm³/mol. The van der Waals surface area contributed by atoms with Gasteiger partial charge in [0.15, 0.2) is 0 Å². The summed E-state index contributed by atoms with van der Waals surface area (Å²) in [6.07, 6.45) is 1.23. The van der Waals surface area contributed by atoms with Crippen molar-refractivity contribution in [3.63, 3.8) is 0 Å². The molecule has 0 aliphatic carbocycles. The molecule has 1 aliphatic rings. The fraction of sp³-hybridized carbons (Fsp3) is 0.444. The molecule has 0 unspecified atom stereocenters. The lowest BCUT2D eigenvalue weighted by Gasteiger charge is -2.70. The molecule has 0 amide bonds. The van der Waals surface area contributed by atoms with E-state index in [0.717, 1.165) is 4.90 Å². The monoisotopic (exact) mass is 293 g/mol. The van der Waals surface area contributed by atoms with Crippen molar-refractivity contribution in [2.45, 2.75) is 21.5 Å². The Labute approximate surface area is 145 Å². The number of anilines is 2. The number of rotatable bonds is 1. The van der Waals surface area contributed by atoms with Gasteiger partial charge in [-0.25, -0.2) is 4.98 Å². The number of halogens is 1. The van der Waals surface area contributed by atoms with E-state index < -0.39 is 21.5 Å². The number of morpholine rings is 1. The van der Waals surface area contributed by atoms with Crippen LogP contribution in [0.1, 0.15) is 0 Å². The number of hydrogen-bond acceptors (Lipinski definition) is 4. The summed E-state index contributed by atoms with van der Waals surface area (Å²) >= 11 is 5.82. The average molecular weight is 292 g/mol. The van der Waals surface area contributed by atoms with Crippen molar-refractivity contribution in [1.82, 2.24) is 4.98 Å². The standard InChI is InChI=1S/C9H4B8ClN3O/c10-6(11)8(14,15)22-9(16,17)7(12,13)21(6)5-1-4(19)3(18)2-20-5/h1-2H,(H2,19,20). The van der Waals surface area contributed by atoms with Crippen molar-refractivity contribution in [2.75, 3.05) is 10.6 Å². The van der Waals surface area contributed by atoms with Gasteiger partial charge < -0.3 is 15.4 Å². The Hall–Kier alpha value is -0.481. The Morgan fingerprint density at radius 3 is 1.86 bits per heavy atom. The highest BCUT2D eigenvalue weighted by atomic mass is 35.5. The predicted octanol–water partition coefficient (Wildman–Crippen LogP) is -2.88. The van der Waals surface area contributed by atoms with E-state index in [1.165, 1.54) is 12.3 Å². The Kier molecular flexibility index (Phi) is 4.07. The lowest BCUT2D eigenvalue weighted by atomic mass is 9.30. The van der Waals surface area contributed by atoms with E-state index in [4.69, 9.17) is 84.8 Å². The summed E-state index contributed by atoms with van der Waals surface area (Å²) in [6, 6.07) is 1.31. The normalized spacial score (nSPS) is 24.7. The summed E-state index contributed by atoms with van der Waals surface area (Å²) < 4.78 is 5.08. The summed E-state index contributed by atoms with van der Waals surface area (Å²) in [5, 5.41) is -8.50. The number of ether oxygens (including phenoxy) is 1. The number of aromatic nitrogens is 1. The van der Waals surface area contributed by atoms with Crippen LogP contribution in [0, 0.1) is 0 Å². The Balaban J connectivity index is 2.68. The Bertz CT molecular complexity index is 585. The second kappa shape index (κ2) is 5.01. The van der Waals surface area contributed by atoms with Gasteiger partial charge in [0.05, 0.1) is 42.1 Å². The van der Waals surface area contributed by atoms with Crippen molar-refractivity contribution in [3.8, 4) is 0 Å². The van der Waals surface area contributed by atoms with Crippen LogP contribution in [0.4, 0.5) is 11.5 Å². The first-order chi connectivity index (χ1) is 9.74. The molecule has 0 aromatic carbocycles. The van der Waals surface area contributed by atoms with Crippen LogP contribution in [0.5, 0.6) is 0 Å². The van der Waals surface area contributed by atoms with Gasteiger partial charge in [-0.3, -0.25) is 0 Å². The van der Waals surface area contributed by atoms with Gasteiger partial charge in [-0.2, -0.15) is 0 Å². The Morgan fingerprint density at radius 1 is 1.00 bits per heavy atom. The zero-order valence-electron chi connectivity index (χ0n) is 11.5. The number of nitrogens with zero attached hydrogens (tertiary/aromatic N) is 2. The van der Waals surface area contributed by atoms with E-state index in [1.807, 2.05) is 0 Å². The molecule has 1 fully saturated rings. The molecule has 0 spiro atoms. The number of nitrogens with two attached hydrogens (primary N) is 1. The largest absolute Gasteiger partial charge is 0.405 e. The fourth-order valence-electron chi connectivity index (χ4n) is 2.04. The molecular formula is C9H4B8ClN3O. The minimum absolute atomic E-state index is 0.000694. The second-order valence-corrected chi connectivity index (χ2v) is 5.65. The van der Waals surface area contributed by atoms with Crippen LogP contribution in [0.25, 0.3) is 0 Å². The first kappa shape index (κ1) is 17.9. The summed E-state index contributed by atoms with van der Waals surface area (Å²) in [7, 11) is 46.9. The molecule has 2 heterocycles. The van der Waals surface area contributed by atoms with Gasteiger partial charge in [-0.15, -0.1) is 0 Å². The summed E-state index contributed by atoms with van der Waals surface area (Å²) in [5.74, 6) is 0.000694. The van der Waals surface area contributed by atoms with Crippen molar-refractivity contribution in [3.05, 3.63) is 17.3 Å². The van der Waals surface area contributed by atoms with E-state index >= 15 is 0 Å². The third-order valence-electron chi connectivity index (χ3n) is 3.43. The van der Waals surface area contributed by atoms with Gasteiger partial charge in [0, 0.05) is 12.3 Å². The van der Waals surface area contributed by atoms with Gasteiger partial charge in [0.2, 0.25) is 0 Å². The highest BCUT2D eigenvalue weighted by Gasteiger charge is 2.57. The van der Waals surface area contributed by atoms with Gasteiger partial charge in [0.25, 0.3) is 0 Å². The van der Waals surface area contributed by atoms with E-state index in [0.29, 0.717) is 0 Å². The van der Waals surface area contributed by atoms with Crippen LogP contribution in [0.3, 0.4) is 0 Å². The van der Waals surface area contributed by atoms with Crippen LogP contribution in [-0.2, 0) is 4.74 Å². The molecule has 22 heavy (non-hydrogen) atoms. The number of nitrogen functional groups attached to an aromatic ring is 1. The molecule has 92 valence electrons. The SMILES string of the molecule is [B]C1([B])OC([B])([B])C([B])([B])N(c2cc(N)c(Cl)cn2)C1([B])[B]. The molecule has 2 N–H and O–H groups in total. The molecule has 1 aromatic heterocycles. The average Bonchev–Trinajstić information content (AvgIpc) is 2.30.